The molecule has 1 aliphatic heterocycles. The molecule has 6 nitrogen and oxygen atoms in total. The highest BCUT2D eigenvalue weighted by molar-refractivity contribution is 5.76. The van der Waals surface area contributed by atoms with Crippen LogP contribution in [0.3, 0.4) is 0 Å². The normalized spacial score (nSPS) is 15.9. The van der Waals surface area contributed by atoms with Crippen molar-refractivity contribution in [3.63, 3.8) is 0 Å². The molecule has 0 N–H and O–H groups in total. The summed E-state index contributed by atoms with van der Waals surface area (Å²) < 4.78 is 1.85. The first-order valence-corrected chi connectivity index (χ1v) is 9.18. The number of carbonyl (C=O) groups is 1. The molecule has 2 aromatic rings. The van der Waals surface area contributed by atoms with Crippen LogP contribution in [0.4, 0.5) is 0 Å². The summed E-state index contributed by atoms with van der Waals surface area (Å²) in [5, 5.41) is 7.54. The Balaban J connectivity index is 1.37. The van der Waals surface area contributed by atoms with Crippen LogP contribution in [0.2, 0.25) is 0 Å². The molecule has 1 amide bonds. The van der Waals surface area contributed by atoms with Crippen molar-refractivity contribution in [2.24, 2.45) is 0 Å². The molecule has 25 heavy (non-hydrogen) atoms. The lowest BCUT2D eigenvalue weighted by Crippen LogP contribution is -2.35. The number of aromatic nitrogens is 3. The standard InChI is InChI=1S/C19H27N5O/c25-19(9-13-23-16-20-21-17-23)24-12-5-11-22(14-15-24)10-4-8-18-6-2-1-3-7-18/h1-3,6-7,16-17H,4-5,8-15H2. The first kappa shape index (κ1) is 17.6. The molecule has 1 saturated heterocycles. The molecule has 0 radical (unpaired) electrons. The highest BCUT2D eigenvalue weighted by atomic mass is 16.2. The van der Waals surface area contributed by atoms with Crippen molar-refractivity contribution in [1.82, 2.24) is 24.6 Å². The summed E-state index contributed by atoms with van der Waals surface area (Å²) in [5.41, 5.74) is 1.41. The molecule has 0 saturated carbocycles. The first-order valence-electron chi connectivity index (χ1n) is 9.18. The molecule has 0 aliphatic carbocycles. The highest BCUT2D eigenvalue weighted by Crippen LogP contribution is 2.08. The molecule has 0 atom stereocenters. The van der Waals surface area contributed by atoms with Gasteiger partial charge in [-0.3, -0.25) is 4.79 Å². The van der Waals surface area contributed by atoms with Crippen molar-refractivity contribution < 1.29 is 4.79 Å². The number of hydrogen-bond donors (Lipinski definition) is 0. The largest absolute Gasteiger partial charge is 0.341 e. The van der Waals surface area contributed by atoms with Gasteiger partial charge >= 0.3 is 0 Å². The lowest BCUT2D eigenvalue weighted by atomic mass is 10.1. The summed E-state index contributed by atoms with van der Waals surface area (Å²) >= 11 is 0. The van der Waals surface area contributed by atoms with E-state index in [2.05, 4.69) is 45.4 Å². The van der Waals surface area contributed by atoms with Crippen LogP contribution < -0.4 is 0 Å². The van der Waals surface area contributed by atoms with E-state index in [0.717, 1.165) is 45.6 Å². The second-order valence-electron chi connectivity index (χ2n) is 6.61. The minimum absolute atomic E-state index is 0.236. The Kier molecular flexibility index (Phi) is 6.56. The third-order valence-corrected chi connectivity index (χ3v) is 4.77. The van der Waals surface area contributed by atoms with Gasteiger partial charge in [-0.15, -0.1) is 10.2 Å². The number of amides is 1. The van der Waals surface area contributed by atoms with Crippen LogP contribution in [0.1, 0.15) is 24.8 Å². The third kappa shape index (κ3) is 5.67. The van der Waals surface area contributed by atoms with Gasteiger partial charge in [0.05, 0.1) is 0 Å². The van der Waals surface area contributed by atoms with Crippen LogP contribution in [0.25, 0.3) is 0 Å². The zero-order chi connectivity index (χ0) is 17.3. The van der Waals surface area contributed by atoms with Gasteiger partial charge < -0.3 is 14.4 Å². The summed E-state index contributed by atoms with van der Waals surface area (Å²) in [5.74, 6) is 0.236. The summed E-state index contributed by atoms with van der Waals surface area (Å²) in [4.78, 5) is 16.9. The Bertz CT molecular complexity index is 629. The van der Waals surface area contributed by atoms with E-state index in [9.17, 15) is 4.79 Å². The predicted molar refractivity (Wildman–Crippen MR) is 97.0 cm³/mol. The topological polar surface area (TPSA) is 54.3 Å². The molecule has 0 bridgehead atoms. The van der Waals surface area contributed by atoms with Gasteiger partial charge in [-0.05, 0) is 37.9 Å². The predicted octanol–water partition coefficient (Wildman–Crippen LogP) is 1.84. The molecular formula is C19H27N5O. The Morgan fingerprint density at radius 3 is 2.56 bits per heavy atom. The van der Waals surface area contributed by atoms with Crippen LogP contribution in [-0.4, -0.2) is 63.2 Å². The van der Waals surface area contributed by atoms with Gasteiger partial charge in [0.2, 0.25) is 5.91 Å². The maximum atomic E-state index is 12.4. The van der Waals surface area contributed by atoms with Gasteiger partial charge in [0.25, 0.3) is 0 Å². The number of rotatable bonds is 7. The van der Waals surface area contributed by atoms with Gasteiger partial charge in [0.15, 0.2) is 0 Å². The van der Waals surface area contributed by atoms with Crippen molar-refractivity contribution in [2.45, 2.75) is 32.2 Å². The second kappa shape index (κ2) is 9.32. The number of carbonyl (C=O) groups excluding carboxylic acids is 1. The van der Waals surface area contributed by atoms with E-state index in [-0.39, 0.29) is 5.91 Å². The second-order valence-corrected chi connectivity index (χ2v) is 6.61. The van der Waals surface area contributed by atoms with Crippen molar-refractivity contribution in [3.05, 3.63) is 48.5 Å². The quantitative estimate of drug-likeness (QED) is 0.771. The van der Waals surface area contributed by atoms with Crippen LogP contribution in [0.5, 0.6) is 0 Å². The molecular weight excluding hydrogens is 314 g/mol. The van der Waals surface area contributed by atoms with Gasteiger partial charge in [-0.25, -0.2) is 0 Å². The summed E-state index contributed by atoms with van der Waals surface area (Å²) in [6.07, 6.45) is 7.19. The average molecular weight is 341 g/mol. The third-order valence-electron chi connectivity index (χ3n) is 4.77. The Hall–Kier alpha value is -2.21. The molecule has 3 rings (SSSR count). The SMILES string of the molecule is O=C(CCn1cnnc1)N1CCCN(CCCc2ccccc2)CC1. The summed E-state index contributed by atoms with van der Waals surface area (Å²) in [6.45, 7) is 5.54. The Morgan fingerprint density at radius 1 is 0.960 bits per heavy atom. The lowest BCUT2D eigenvalue weighted by molar-refractivity contribution is -0.131. The highest BCUT2D eigenvalue weighted by Gasteiger charge is 2.18. The molecule has 1 aromatic carbocycles. The molecule has 134 valence electrons. The van der Waals surface area contributed by atoms with E-state index >= 15 is 0 Å². The number of hydrogen-bond acceptors (Lipinski definition) is 4. The van der Waals surface area contributed by atoms with Gasteiger partial charge in [0.1, 0.15) is 12.7 Å². The lowest BCUT2D eigenvalue weighted by Gasteiger charge is -2.22. The van der Waals surface area contributed by atoms with Crippen molar-refractivity contribution in [1.29, 1.82) is 0 Å². The van der Waals surface area contributed by atoms with Gasteiger partial charge in [0, 0.05) is 32.6 Å². The van der Waals surface area contributed by atoms with E-state index in [0.29, 0.717) is 13.0 Å². The minimum atomic E-state index is 0.236. The van der Waals surface area contributed by atoms with Crippen molar-refractivity contribution in [2.75, 3.05) is 32.7 Å². The number of aryl methyl sites for hydroxylation is 2. The fraction of sp³-hybridized carbons (Fsp3) is 0.526. The Morgan fingerprint density at radius 2 is 1.76 bits per heavy atom. The molecule has 0 unspecified atom stereocenters. The molecule has 1 fully saturated rings. The molecule has 1 aromatic heterocycles. The fourth-order valence-electron chi connectivity index (χ4n) is 3.32. The monoisotopic (exact) mass is 341 g/mol. The molecule has 0 spiro atoms. The first-order chi connectivity index (χ1) is 12.3. The maximum absolute atomic E-state index is 12.4. The fourth-order valence-corrected chi connectivity index (χ4v) is 3.32. The van der Waals surface area contributed by atoms with E-state index in [4.69, 9.17) is 0 Å². The van der Waals surface area contributed by atoms with E-state index in [1.165, 1.54) is 12.0 Å². The van der Waals surface area contributed by atoms with Crippen LogP contribution in [0, 0.1) is 0 Å². The van der Waals surface area contributed by atoms with Crippen LogP contribution >= 0.6 is 0 Å². The minimum Gasteiger partial charge on any atom is -0.341 e. The van der Waals surface area contributed by atoms with Crippen molar-refractivity contribution in [3.8, 4) is 0 Å². The molecule has 6 heteroatoms. The summed E-state index contributed by atoms with van der Waals surface area (Å²) in [6, 6.07) is 10.7. The Labute approximate surface area is 149 Å². The maximum Gasteiger partial charge on any atom is 0.224 e. The smallest absolute Gasteiger partial charge is 0.224 e. The average Bonchev–Trinajstić information content (AvgIpc) is 3.05. The number of nitrogens with zero attached hydrogens (tertiary/aromatic N) is 5. The molecule has 2 heterocycles. The number of benzene rings is 1. The van der Waals surface area contributed by atoms with Gasteiger partial charge in [-0.2, -0.15) is 0 Å². The van der Waals surface area contributed by atoms with Crippen molar-refractivity contribution >= 4 is 5.91 Å². The van der Waals surface area contributed by atoms with Crippen LogP contribution in [0.15, 0.2) is 43.0 Å². The van der Waals surface area contributed by atoms with E-state index in [1.807, 2.05) is 9.47 Å². The van der Waals surface area contributed by atoms with E-state index < -0.39 is 0 Å². The zero-order valence-electron chi connectivity index (χ0n) is 14.8. The van der Waals surface area contributed by atoms with E-state index in [1.54, 1.807) is 12.7 Å². The zero-order valence-corrected chi connectivity index (χ0v) is 14.8. The van der Waals surface area contributed by atoms with Crippen LogP contribution in [-0.2, 0) is 17.8 Å². The summed E-state index contributed by atoms with van der Waals surface area (Å²) in [7, 11) is 0. The van der Waals surface area contributed by atoms with Gasteiger partial charge in [-0.1, -0.05) is 30.3 Å². The molecule has 1 aliphatic rings.